The number of ketones is 1. The molecule has 3 heterocycles. The Morgan fingerprint density at radius 1 is 0.953 bits per heavy atom. The van der Waals surface area contributed by atoms with Gasteiger partial charge in [-0.2, -0.15) is 0 Å². The van der Waals surface area contributed by atoms with Crippen molar-refractivity contribution in [3.05, 3.63) is 58.7 Å². The zero-order valence-corrected chi connectivity index (χ0v) is 26.3. The lowest BCUT2D eigenvalue weighted by atomic mass is 9.76. The summed E-state index contributed by atoms with van der Waals surface area (Å²) in [5.41, 5.74) is 3.16. The first-order chi connectivity index (χ1) is 20.5. The van der Waals surface area contributed by atoms with E-state index in [0.717, 1.165) is 36.8 Å². The maximum Gasteiger partial charge on any atom is 0.339 e. The number of rotatable bonds is 1. The summed E-state index contributed by atoms with van der Waals surface area (Å²) in [5.74, 6) is -1.44. The van der Waals surface area contributed by atoms with E-state index in [0.29, 0.717) is 35.4 Å². The Balaban J connectivity index is 1.52. The smallest absolute Gasteiger partial charge is 0.339 e. The predicted molar refractivity (Wildman–Crippen MR) is 165 cm³/mol. The first-order valence-electron chi connectivity index (χ1n) is 16.1. The van der Waals surface area contributed by atoms with Gasteiger partial charge in [0.15, 0.2) is 5.79 Å². The second-order valence-corrected chi connectivity index (χ2v) is 13.4. The third-order valence-corrected chi connectivity index (χ3v) is 10.0. The van der Waals surface area contributed by atoms with Crippen LogP contribution in [0.5, 0.6) is 5.75 Å². The molecular weight excluding hydrogens is 544 g/mol. The van der Waals surface area contributed by atoms with Crippen molar-refractivity contribution in [3.8, 4) is 5.75 Å². The van der Waals surface area contributed by atoms with Gasteiger partial charge in [0.1, 0.15) is 17.6 Å². The van der Waals surface area contributed by atoms with Gasteiger partial charge in [0, 0.05) is 24.7 Å². The van der Waals surface area contributed by atoms with Crippen LogP contribution in [-0.4, -0.2) is 52.2 Å². The summed E-state index contributed by atoms with van der Waals surface area (Å²) in [7, 11) is 0. The van der Waals surface area contributed by atoms with E-state index < -0.39 is 24.0 Å². The summed E-state index contributed by atoms with van der Waals surface area (Å²) < 4.78 is 19.7. The van der Waals surface area contributed by atoms with Crippen LogP contribution in [0.1, 0.15) is 107 Å². The Bertz CT molecular complexity index is 1300. The molecule has 3 fully saturated rings. The summed E-state index contributed by atoms with van der Waals surface area (Å²) in [4.78, 5) is 27.3. The van der Waals surface area contributed by atoms with E-state index in [4.69, 9.17) is 14.2 Å². The first kappa shape index (κ1) is 31.7. The minimum absolute atomic E-state index is 0.101. The molecule has 7 atom stereocenters. The van der Waals surface area contributed by atoms with Crippen LogP contribution in [0.25, 0.3) is 5.57 Å². The highest BCUT2D eigenvalue weighted by Crippen LogP contribution is 2.45. The fourth-order valence-corrected chi connectivity index (χ4v) is 7.35. The third-order valence-electron chi connectivity index (χ3n) is 10.0. The number of aryl methyl sites for hydroxylation is 1. The fourth-order valence-electron chi connectivity index (χ4n) is 7.35. The zero-order chi connectivity index (χ0) is 30.9. The van der Waals surface area contributed by atoms with Crippen LogP contribution in [0.4, 0.5) is 0 Å². The molecule has 234 valence electrons. The second kappa shape index (κ2) is 13.1. The Morgan fingerprint density at radius 2 is 1.70 bits per heavy atom. The van der Waals surface area contributed by atoms with Crippen molar-refractivity contribution in [2.45, 2.75) is 123 Å². The Kier molecular flexibility index (Phi) is 9.64. The molecule has 0 radical (unpaired) electrons. The lowest BCUT2D eigenvalue weighted by molar-refractivity contribution is -0.330. The number of phenolic OH excluding ortho intramolecular Hbond substituents is 1. The topological polar surface area (TPSA) is 102 Å². The number of allylic oxidation sites excluding steroid dienone is 3. The van der Waals surface area contributed by atoms with Crippen molar-refractivity contribution in [3.63, 3.8) is 0 Å². The van der Waals surface area contributed by atoms with Crippen molar-refractivity contribution in [2.24, 2.45) is 17.8 Å². The SMILES string of the molecule is CC1=CC=C[C@H](C)[C@H](O)C(C)=CC[C@@H]2C[C@@H](C[C@]3(CC(=O)[C@H](C)[C@@H](C4CCCCC4)O3)O2)OC(=O)c2cc(C)c(O)cc21. The number of carbonyl (C=O) groups is 2. The summed E-state index contributed by atoms with van der Waals surface area (Å²) in [6, 6.07) is 3.27. The Morgan fingerprint density at radius 3 is 2.44 bits per heavy atom. The van der Waals surface area contributed by atoms with Crippen LogP contribution in [0, 0.1) is 24.7 Å². The van der Waals surface area contributed by atoms with E-state index in [-0.39, 0.29) is 48.4 Å². The predicted octanol–water partition coefficient (Wildman–Crippen LogP) is 6.98. The summed E-state index contributed by atoms with van der Waals surface area (Å²) in [6.45, 7) is 9.49. The number of benzene rings is 1. The monoisotopic (exact) mass is 592 g/mol. The highest BCUT2D eigenvalue weighted by molar-refractivity contribution is 5.96. The van der Waals surface area contributed by atoms with Crippen molar-refractivity contribution < 1.29 is 34.0 Å². The summed E-state index contributed by atoms with van der Waals surface area (Å²) in [6.07, 6.45) is 12.8. The third kappa shape index (κ3) is 7.00. The number of hydrogen-bond acceptors (Lipinski definition) is 7. The molecule has 0 aromatic heterocycles. The number of esters is 1. The summed E-state index contributed by atoms with van der Waals surface area (Å²) >= 11 is 0. The second-order valence-electron chi connectivity index (χ2n) is 13.4. The Labute approximate surface area is 256 Å². The number of Topliss-reactive ketones (excluding diaryl/α,β-unsaturated/α-hetero) is 1. The van der Waals surface area contributed by atoms with Crippen LogP contribution >= 0.6 is 0 Å². The van der Waals surface area contributed by atoms with Gasteiger partial charge >= 0.3 is 5.97 Å². The molecule has 1 aromatic rings. The van der Waals surface area contributed by atoms with Crippen molar-refractivity contribution in [2.75, 3.05) is 0 Å². The number of aromatic hydroxyl groups is 1. The molecule has 0 amide bonds. The molecule has 7 nitrogen and oxygen atoms in total. The molecule has 1 aliphatic carbocycles. The fraction of sp³-hybridized carbons (Fsp3) is 0.611. The highest BCUT2D eigenvalue weighted by Gasteiger charge is 2.53. The van der Waals surface area contributed by atoms with Gasteiger partial charge in [-0.05, 0) is 80.4 Å². The van der Waals surface area contributed by atoms with Crippen molar-refractivity contribution in [1.29, 1.82) is 0 Å². The minimum Gasteiger partial charge on any atom is -0.508 e. The molecule has 1 saturated carbocycles. The quantitative estimate of drug-likeness (QED) is 0.268. The molecule has 43 heavy (non-hydrogen) atoms. The lowest BCUT2D eigenvalue weighted by Gasteiger charge is -2.50. The average molecular weight is 593 g/mol. The molecule has 7 heteroatoms. The molecule has 3 aliphatic heterocycles. The number of carbonyl (C=O) groups excluding carboxylic acids is 2. The van der Waals surface area contributed by atoms with Crippen LogP contribution in [0.15, 0.2) is 42.0 Å². The zero-order valence-electron chi connectivity index (χ0n) is 26.3. The van der Waals surface area contributed by atoms with Gasteiger partial charge in [0.25, 0.3) is 0 Å². The number of hydrogen-bond donors (Lipinski definition) is 2. The van der Waals surface area contributed by atoms with E-state index >= 15 is 0 Å². The van der Waals surface area contributed by atoms with Gasteiger partial charge < -0.3 is 24.4 Å². The standard InChI is InChI=1S/C36H48O7/c1-21-10-9-11-22(2)33(39)23(3)14-15-27-17-28(41-35(40)30-16-24(4)31(37)18-29(21)30)19-36(42-27)20-32(38)25(5)34(43-36)26-12-7-6-8-13-26/h9-11,14,16,18,22,25-28,33-34,37,39H,6-8,12-13,15,17,19-20H2,1-5H3/t22-,25-,27+,28-,33-,34-,36-/m0/s1. The van der Waals surface area contributed by atoms with E-state index in [1.54, 1.807) is 19.1 Å². The minimum atomic E-state index is -1.16. The van der Waals surface area contributed by atoms with Gasteiger partial charge in [-0.1, -0.05) is 57.4 Å². The number of phenols is 1. The van der Waals surface area contributed by atoms with Crippen LogP contribution in [0.2, 0.25) is 0 Å². The van der Waals surface area contributed by atoms with E-state index in [9.17, 15) is 19.8 Å². The molecule has 4 aliphatic rings. The van der Waals surface area contributed by atoms with Gasteiger partial charge in [-0.15, -0.1) is 0 Å². The average Bonchev–Trinajstić information content (AvgIpc) is 2.98. The maximum atomic E-state index is 13.8. The maximum absolute atomic E-state index is 13.8. The number of aliphatic hydroxyl groups excluding tert-OH is 1. The molecule has 5 rings (SSSR count). The number of fused-ring (bicyclic) bond motifs is 3. The Hall–Kier alpha value is -2.74. The number of aliphatic hydroxyl groups is 1. The molecule has 2 bridgehead atoms. The highest BCUT2D eigenvalue weighted by atomic mass is 16.7. The van der Waals surface area contributed by atoms with E-state index in [2.05, 4.69) is 0 Å². The molecule has 1 aromatic carbocycles. The lowest BCUT2D eigenvalue weighted by Crippen LogP contribution is -2.58. The van der Waals surface area contributed by atoms with Crippen molar-refractivity contribution >= 4 is 17.3 Å². The number of ether oxygens (including phenoxy) is 3. The normalized spacial score (nSPS) is 34.7. The summed E-state index contributed by atoms with van der Waals surface area (Å²) in [5, 5.41) is 21.5. The van der Waals surface area contributed by atoms with Gasteiger partial charge in [0.05, 0.1) is 30.3 Å². The first-order valence-corrected chi connectivity index (χ1v) is 16.1. The van der Waals surface area contributed by atoms with Crippen LogP contribution in [0.3, 0.4) is 0 Å². The van der Waals surface area contributed by atoms with Gasteiger partial charge in [0.2, 0.25) is 0 Å². The molecule has 1 spiro atoms. The van der Waals surface area contributed by atoms with E-state index in [1.165, 1.54) is 6.42 Å². The largest absolute Gasteiger partial charge is 0.508 e. The van der Waals surface area contributed by atoms with Crippen LogP contribution in [-0.2, 0) is 19.0 Å². The molecular formula is C36H48O7. The molecule has 2 saturated heterocycles. The van der Waals surface area contributed by atoms with Gasteiger partial charge in [-0.3, -0.25) is 4.79 Å². The van der Waals surface area contributed by atoms with Crippen LogP contribution < -0.4 is 0 Å². The van der Waals surface area contributed by atoms with Gasteiger partial charge in [-0.25, -0.2) is 4.79 Å². The molecule has 0 unspecified atom stereocenters. The van der Waals surface area contributed by atoms with Crippen molar-refractivity contribution in [1.82, 2.24) is 0 Å². The molecule has 2 N–H and O–H groups in total. The van der Waals surface area contributed by atoms with E-state index in [1.807, 2.05) is 52.0 Å².